The van der Waals surface area contributed by atoms with Gasteiger partial charge in [-0.3, -0.25) is 9.59 Å². The topological polar surface area (TPSA) is 64.4 Å². The molecule has 1 saturated heterocycles. The van der Waals surface area contributed by atoms with Crippen molar-refractivity contribution in [1.29, 1.82) is 0 Å². The lowest BCUT2D eigenvalue weighted by Gasteiger charge is -2.26. The second-order valence-corrected chi connectivity index (χ2v) is 7.28. The summed E-state index contributed by atoms with van der Waals surface area (Å²) in [6.45, 7) is 1.39. The minimum Gasteiger partial charge on any atom is -0.376 e. The van der Waals surface area contributed by atoms with E-state index in [4.69, 9.17) is 4.74 Å². The Bertz CT molecular complexity index is 987. The van der Waals surface area contributed by atoms with Crippen molar-refractivity contribution in [2.45, 2.75) is 44.6 Å². The first-order chi connectivity index (χ1) is 13.8. The number of ether oxygens (including phenoxy) is 1. The molecule has 9 heteroatoms. The van der Waals surface area contributed by atoms with Gasteiger partial charge < -0.3 is 9.64 Å². The molecule has 3 heterocycles. The summed E-state index contributed by atoms with van der Waals surface area (Å²) in [4.78, 5) is 26.8. The lowest BCUT2D eigenvalue weighted by atomic mass is 10.1. The number of amides is 1. The van der Waals surface area contributed by atoms with Crippen molar-refractivity contribution in [3.63, 3.8) is 0 Å². The second kappa shape index (κ2) is 7.62. The predicted octanol–water partition coefficient (Wildman–Crippen LogP) is 2.64. The van der Waals surface area contributed by atoms with E-state index >= 15 is 0 Å². The molecular formula is C20H20F3N3O3. The summed E-state index contributed by atoms with van der Waals surface area (Å²) in [7, 11) is 0. The van der Waals surface area contributed by atoms with E-state index in [-0.39, 0.29) is 23.7 Å². The zero-order valence-corrected chi connectivity index (χ0v) is 15.6. The van der Waals surface area contributed by atoms with Crippen LogP contribution in [0.2, 0.25) is 0 Å². The average molecular weight is 407 g/mol. The van der Waals surface area contributed by atoms with Crippen LogP contribution < -0.4 is 5.56 Å². The predicted molar refractivity (Wildman–Crippen MR) is 97.4 cm³/mol. The quantitative estimate of drug-likeness (QED) is 0.785. The summed E-state index contributed by atoms with van der Waals surface area (Å²) in [5.41, 5.74) is -0.0659. The summed E-state index contributed by atoms with van der Waals surface area (Å²) in [6, 6.07) is 5.90. The molecule has 0 bridgehead atoms. The molecule has 0 radical (unpaired) electrons. The Labute approximate surface area is 164 Å². The molecule has 1 unspecified atom stereocenters. The van der Waals surface area contributed by atoms with Gasteiger partial charge in [0.1, 0.15) is 0 Å². The highest BCUT2D eigenvalue weighted by molar-refractivity contribution is 5.96. The molecule has 154 valence electrons. The number of alkyl halides is 3. The molecule has 29 heavy (non-hydrogen) atoms. The van der Waals surface area contributed by atoms with Crippen LogP contribution in [0, 0.1) is 0 Å². The lowest BCUT2D eigenvalue weighted by molar-refractivity contribution is -0.138. The van der Waals surface area contributed by atoms with Crippen molar-refractivity contribution in [3.8, 4) is 0 Å². The van der Waals surface area contributed by atoms with E-state index < -0.39 is 17.6 Å². The molecule has 2 aliphatic heterocycles. The van der Waals surface area contributed by atoms with Crippen LogP contribution in [-0.2, 0) is 30.5 Å². The summed E-state index contributed by atoms with van der Waals surface area (Å²) in [5, 5.41) is 4.41. The van der Waals surface area contributed by atoms with Crippen LogP contribution in [0.1, 0.15) is 40.0 Å². The Kier molecular flexibility index (Phi) is 5.16. The van der Waals surface area contributed by atoms with Crippen molar-refractivity contribution < 1.29 is 22.7 Å². The molecular weight excluding hydrogens is 387 g/mol. The second-order valence-electron chi connectivity index (χ2n) is 7.28. The normalized spacial score (nSPS) is 19.3. The van der Waals surface area contributed by atoms with E-state index in [2.05, 4.69) is 5.10 Å². The molecule has 1 atom stereocenters. The Hall–Kier alpha value is -2.68. The molecule has 2 aliphatic rings. The third-order valence-electron chi connectivity index (χ3n) is 5.39. The zero-order valence-electron chi connectivity index (χ0n) is 15.6. The number of carbonyl (C=O) groups excluding carboxylic acids is 1. The molecule has 2 aromatic rings. The summed E-state index contributed by atoms with van der Waals surface area (Å²) < 4.78 is 46.6. The van der Waals surface area contributed by atoms with Gasteiger partial charge >= 0.3 is 6.18 Å². The van der Waals surface area contributed by atoms with Crippen molar-refractivity contribution in [3.05, 3.63) is 63.1 Å². The van der Waals surface area contributed by atoms with Crippen LogP contribution in [-0.4, -0.2) is 39.8 Å². The van der Waals surface area contributed by atoms with Gasteiger partial charge in [-0.05, 0) is 25.0 Å². The third kappa shape index (κ3) is 3.91. The molecule has 0 saturated carbocycles. The van der Waals surface area contributed by atoms with Crippen LogP contribution in [0.4, 0.5) is 13.2 Å². The fourth-order valence-electron chi connectivity index (χ4n) is 3.95. The zero-order chi connectivity index (χ0) is 20.6. The third-order valence-corrected chi connectivity index (χ3v) is 5.39. The van der Waals surface area contributed by atoms with Crippen molar-refractivity contribution in [2.24, 2.45) is 0 Å². The minimum atomic E-state index is -4.61. The van der Waals surface area contributed by atoms with E-state index in [1.54, 1.807) is 0 Å². The van der Waals surface area contributed by atoms with E-state index in [1.165, 1.54) is 33.8 Å². The molecule has 4 rings (SSSR count). The Morgan fingerprint density at radius 1 is 1.28 bits per heavy atom. The van der Waals surface area contributed by atoms with E-state index in [9.17, 15) is 22.8 Å². The maximum Gasteiger partial charge on any atom is 0.417 e. The molecule has 1 fully saturated rings. The van der Waals surface area contributed by atoms with Gasteiger partial charge in [0.2, 0.25) is 0 Å². The van der Waals surface area contributed by atoms with Gasteiger partial charge in [0.05, 0.1) is 42.6 Å². The van der Waals surface area contributed by atoms with Crippen molar-refractivity contribution in [1.82, 2.24) is 14.7 Å². The van der Waals surface area contributed by atoms with Crippen molar-refractivity contribution >= 4 is 5.91 Å². The lowest BCUT2D eigenvalue weighted by Crippen LogP contribution is -2.41. The number of hydrogen-bond donors (Lipinski definition) is 0. The fraction of sp³-hybridized carbons (Fsp3) is 0.450. The van der Waals surface area contributed by atoms with Crippen LogP contribution in [0.3, 0.4) is 0 Å². The van der Waals surface area contributed by atoms with Gasteiger partial charge in [0.25, 0.3) is 11.5 Å². The largest absolute Gasteiger partial charge is 0.417 e. The Morgan fingerprint density at radius 2 is 2.07 bits per heavy atom. The number of rotatable bonds is 3. The highest BCUT2D eigenvalue weighted by Gasteiger charge is 2.38. The number of halogens is 3. The van der Waals surface area contributed by atoms with Crippen molar-refractivity contribution in [2.75, 3.05) is 13.2 Å². The number of nitrogens with zero attached hydrogens (tertiary/aromatic N) is 3. The standard InChI is InChI=1S/C20H20F3N3O3/c21-20(22,23)16-6-2-1-5-15(16)19(28)25-8-3-4-14(25)11-26-18(27)10-13-12-29-9-7-17(13)24-26/h1-2,5-6,10,14H,3-4,7-9,11-12H2. The SMILES string of the molecule is O=C(c1ccccc1C(F)(F)F)N1CCCC1Cn1nc2c(cc1=O)COCC2. The number of carbonyl (C=O) groups is 1. The molecule has 1 amide bonds. The van der Waals surface area contributed by atoms with Gasteiger partial charge in [0.15, 0.2) is 0 Å². The molecule has 0 spiro atoms. The maximum atomic E-state index is 13.3. The molecule has 6 nitrogen and oxygen atoms in total. The minimum absolute atomic E-state index is 0.160. The van der Waals surface area contributed by atoms with Gasteiger partial charge in [0, 0.05) is 24.6 Å². The van der Waals surface area contributed by atoms with E-state index in [0.29, 0.717) is 39.0 Å². The Morgan fingerprint density at radius 3 is 2.86 bits per heavy atom. The first-order valence-corrected chi connectivity index (χ1v) is 9.49. The number of fused-ring (bicyclic) bond motifs is 1. The first-order valence-electron chi connectivity index (χ1n) is 9.49. The van der Waals surface area contributed by atoms with Crippen LogP contribution in [0.25, 0.3) is 0 Å². The summed E-state index contributed by atoms with van der Waals surface area (Å²) >= 11 is 0. The fourth-order valence-corrected chi connectivity index (χ4v) is 3.95. The van der Waals surface area contributed by atoms with Crippen LogP contribution >= 0.6 is 0 Å². The monoisotopic (exact) mass is 407 g/mol. The summed E-state index contributed by atoms with van der Waals surface area (Å²) in [6.07, 6.45) is -2.74. The van der Waals surface area contributed by atoms with Crippen LogP contribution in [0.5, 0.6) is 0 Å². The summed E-state index contributed by atoms with van der Waals surface area (Å²) in [5.74, 6) is -0.667. The molecule has 0 aliphatic carbocycles. The van der Waals surface area contributed by atoms with Gasteiger partial charge in [-0.1, -0.05) is 12.1 Å². The number of likely N-dealkylation sites (tertiary alicyclic amines) is 1. The highest BCUT2D eigenvalue weighted by Crippen LogP contribution is 2.33. The van der Waals surface area contributed by atoms with Gasteiger partial charge in [-0.15, -0.1) is 0 Å². The van der Waals surface area contributed by atoms with Crippen LogP contribution in [0.15, 0.2) is 35.1 Å². The van der Waals surface area contributed by atoms with Gasteiger partial charge in [-0.2, -0.15) is 18.3 Å². The first kappa shape index (κ1) is 19.6. The number of hydrogen-bond acceptors (Lipinski definition) is 4. The van der Waals surface area contributed by atoms with E-state index in [0.717, 1.165) is 17.3 Å². The molecule has 0 N–H and O–H groups in total. The molecule has 1 aromatic heterocycles. The van der Waals surface area contributed by atoms with Gasteiger partial charge in [-0.25, -0.2) is 4.68 Å². The highest BCUT2D eigenvalue weighted by atomic mass is 19.4. The van der Waals surface area contributed by atoms with E-state index in [1.807, 2.05) is 0 Å². The maximum absolute atomic E-state index is 13.3. The number of aromatic nitrogens is 2. The smallest absolute Gasteiger partial charge is 0.376 e. The average Bonchev–Trinajstić information content (AvgIpc) is 3.15. The number of benzene rings is 1. The Balaban J connectivity index is 1.59. The molecule has 1 aromatic carbocycles.